The third-order valence-corrected chi connectivity index (χ3v) is 9.15. The van der Waals surface area contributed by atoms with Crippen molar-refractivity contribution in [1.82, 2.24) is 18.7 Å². The molecule has 0 saturated heterocycles. The molecule has 2 aliphatic rings. The standard InChI is InChI=1S/C24H28FN5.Sb/c1-24(2,3)21-9-5-7-18(27-21)15-10-11-16(12-15)20-13-22(30-29-20)28-19-8-4-6-17(14-26)23(19)25;/h4-5,7-9,13,15-16,26H,10-12,14H2,1-3H3,(H2,28,29,30);/q-1;+1. The van der Waals surface area contributed by atoms with Crippen molar-refractivity contribution in [2.75, 3.05) is 5.32 Å². The van der Waals surface area contributed by atoms with Crippen LogP contribution in [0.5, 0.6) is 0 Å². The van der Waals surface area contributed by atoms with Gasteiger partial charge < -0.3 is 0 Å². The van der Waals surface area contributed by atoms with E-state index in [1.54, 1.807) is 0 Å². The van der Waals surface area contributed by atoms with Gasteiger partial charge in [-0.25, -0.2) is 0 Å². The van der Waals surface area contributed by atoms with Gasteiger partial charge in [0.05, 0.1) is 0 Å². The predicted octanol–water partition coefficient (Wildman–Crippen LogP) is 4.38. The van der Waals surface area contributed by atoms with Gasteiger partial charge >= 0.3 is 139 Å². The van der Waals surface area contributed by atoms with Crippen LogP contribution >= 0.6 is 0 Å². The number of rotatable bonds is 4. The molecule has 31 heavy (non-hydrogen) atoms. The second kappa shape index (κ2) is 8.22. The van der Waals surface area contributed by atoms with E-state index in [9.17, 15) is 4.39 Å². The van der Waals surface area contributed by atoms with E-state index in [1.165, 1.54) is 9.20 Å². The number of hydrogen-bond acceptors (Lipinski definition) is 4. The van der Waals surface area contributed by atoms with Gasteiger partial charge in [0.15, 0.2) is 0 Å². The van der Waals surface area contributed by atoms with Crippen molar-refractivity contribution in [3.63, 3.8) is 0 Å². The van der Waals surface area contributed by atoms with Crippen LogP contribution in [-0.2, 0) is 12.0 Å². The largest absolute Gasteiger partial charge is 0.257 e. The Kier molecular flexibility index (Phi) is 5.55. The molecule has 0 amide bonds. The molecule has 1 saturated carbocycles. The number of nitrogens with zero attached hydrogens (tertiary/aromatic N) is 2. The van der Waals surface area contributed by atoms with Gasteiger partial charge in [0.2, 0.25) is 0 Å². The van der Waals surface area contributed by atoms with Gasteiger partial charge in [0, 0.05) is 11.1 Å². The molecule has 5 nitrogen and oxygen atoms in total. The fourth-order valence-electron chi connectivity index (χ4n) is 4.56. The van der Waals surface area contributed by atoms with Gasteiger partial charge in [0.1, 0.15) is 0 Å². The first-order valence-electron chi connectivity index (χ1n) is 10.9. The maximum absolute atomic E-state index is 14.8. The molecular formula is C24H28FN5Sb. The van der Waals surface area contributed by atoms with Crippen molar-refractivity contribution < 1.29 is 4.39 Å². The molecule has 2 atom stereocenters. The van der Waals surface area contributed by atoms with Crippen molar-refractivity contribution in [2.24, 2.45) is 0 Å². The Labute approximate surface area is 193 Å². The number of aromatic nitrogens is 3. The first-order chi connectivity index (χ1) is 14.9. The van der Waals surface area contributed by atoms with Crippen LogP contribution in [0, 0.1) is 5.82 Å². The molecule has 3 aromatic rings. The summed E-state index contributed by atoms with van der Waals surface area (Å²) in [5.74, 6) is 1.43. The van der Waals surface area contributed by atoms with E-state index in [0.717, 1.165) is 36.2 Å². The number of pyridine rings is 1. The summed E-state index contributed by atoms with van der Waals surface area (Å²) in [7, 11) is 0. The van der Waals surface area contributed by atoms with Crippen LogP contribution in [0.1, 0.15) is 74.5 Å². The summed E-state index contributed by atoms with van der Waals surface area (Å²) in [6.45, 7) is 7.27. The van der Waals surface area contributed by atoms with Crippen LogP contribution in [-0.4, -0.2) is 37.1 Å². The number of H-pyrrole nitrogens is 1. The van der Waals surface area contributed by atoms with Gasteiger partial charge in [-0.2, -0.15) is 0 Å². The van der Waals surface area contributed by atoms with Crippen LogP contribution in [0.2, 0.25) is 0 Å². The Hall–Kier alpha value is -1.91. The van der Waals surface area contributed by atoms with Gasteiger partial charge in [-0.05, 0) is 12.1 Å². The molecular weight excluding hydrogens is 499 g/mol. The van der Waals surface area contributed by atoms with Crippen molar-refractivity contribution >= 4 is 36.9 Å². The normalized spacial score (nSPS) is 20.8. The molecule has 7 heteroatoms. The minimum absolute atomic E-state index is 0.0587. The van der Waals surface area contributed by atoms with Gasteiger partial charge in [0.25, 0.3) is 0 Å². The number of fused-ring (bicyclic) bond motifs is 1. The van der Waals surface area contributed by atoms with E-state index < -0.39 is 21.9 Å². The van der Waals surface area contributed by atoms with Gasteiger partial charge in [-0.1, -0.05) is 26.8 Å². The predicted molar refractivity (Wildman–Crippen MR) is 123 cm³/mol. The molecule has 161 valence electrons. The van der Waals surface area contributed by atoms with E-state index in [-0.39, 0.29) is 11.2 Å². The second-order valence-corrected chi connectivity index (χ2v) is 12.5. The molecule has 2 aromatic heterocycles. The molecule has 0 bridgehead atoms. The van der Waals surface area contributed by atoms with E-state index in [2.05, 4.69) is 58.0 Å². The zero-order valence-electron chi connectivity index (χ0n) is 18.2. The number of nitrogens with one attached hydrogen (secondary N) is 3. The van der Waals surface area contributed by atoms with E-state index in [4.69, 9.17) is 4.98 Å². The molecule has 2 unspecified atom stereocenters. The smallest absolute Gasteiger partial charge is 0.257 e. The number of hydrogen-bond donors (Lipinski definition) is 3. The Bertz CT molecular complexity index is 1100. The van der Waals surface area contributed by atoms with E-state index in [0.29, 0.717) is 29.9 Å². The van der Waals surface area contributed by atoms with Gasteiger partial charge in [-0.3, -0.25) is 4.98 Å². The SMILES string of the molecule is CC(C)(C)c1cccc(C2CCC(c3cc(Nc4cc[c]5c(c4F)C[NH][Sb]5)n[nH]3)C2)n1. The van der Waals surface area contributed by atoms with Crippen LogP contribution < -0.4 is 12.3 Å². The summed E-state index contributed by atoms with van der Waals surface area (Å²) >= 11 is -0.604. The van der Waals surface area contributed by atoms with Gasteiger partial charge in [-0.15, -0.1) is 0 Å². The molecule has 1 aromatic carbocycles. The summed E-state index contributed by atoms with van der Waals surface area (Å²) in [6.07, 6.45) is 3.30. The Morgan fingerprint density at radius 3 is 2.81 bits per heavy atom. The fourth-order valence-corrected chi connectivity index (χ4v) is 7.04. The van der Waals surface area contributed by atoms with E-state index in [1.807, 2.05) is 18.2 Å². The molecule has 1 fully saturated rings. The Morgan fingerprint density at radius 2 is 1.97 bits per heavy atom. The molecule has 0 spiro atoms. The maximum atomic E-state index is 14.8. The fraction of sp³-hybridized carbons (Fsp3) is 0.417. The number of aromatic amines is 1. The average Bonchev–Trinajstić information content (AvgIpc) is 3.50. The zero-order valence-corrected chi connectivity index (χ0v) is 20.7. The van der Waals surface area contributed by atoms with Crippen LogP contribution in [0.25, 0.3) is 0 Å². The van der Waals surface area contributed by atoms with Crippen molar-refractivity contribution in [3.05, 3.63) is 64.9 Å². The van der Waals surface area contributed by atoms with E-state index >= 15 is 0 Å². The Morgan fingerprint density at radius 1 is 1.13 bits per heavy atom. The third kappa shape index (κ3) is 4.25. The summed E-state index contributed by atoms with van der Waals surface area (Å²) in [5, 5.41) is 10.8. The van der Waals surface area contributed by atoms with Crippen LogP contribution in [0.15, 0.2) is 36.4 Å². The average molecular weight is 527 g/mol. The Balaban J connectivity index is 1.28. The number of anilines is 2. The minimum atomic E-state index is -0.604. The molecule has 3 heterocycles. The molecule has 1 aliphatic heterocycles. The summed E-state index contributed by atoms with van der Waals surface area (Å²) in [6, 6.07) is 12.3. The quantitative estimate of drug-likeness (QED) is 0.441. The van der Waals surface area contributed by atoms with Crippen molar-refractivity contribution in [3.8, 4) is 0 Å². The molecule has 3 N–H and O–H groups in total. The minimum Gasteiger partial charge on any atom is -0.257 e. The summed E-state index contributed by atoms with van der Waals surface area (Å²) in [5.41, 5.74) is 4.85. The second-order valence-electron chi connectivity index (χ2n) is 9.61. The monoisotopic (exact) mass is 526 g/mol. The topological polar surface area (TPSA) is 65.6 Å². The zero-order chi connectivity index (χ0) is 21.6. The maximum Gasteiger partial charge on any atom is -0.257 e. The molecule has 1 aliphatic carbocycles. The molecule has 5 rings (SSSR count). The van der Waals surface area contributed by atoms with Crippen molar-refractivity contribution in [2.45, 2.75) is 63.8 Å². The third-order valence-electron chi connectivity index (χ3n) is 6.36. The molecule has 1 radical (unpaired) electrons. The van der Waals surface area contributed by atoms with Crippen molar-refractivity contribution in [1.29, 1.82) is 0 Å². The van der Waals surface area contributed by atoms with Crippen LogP contribution in [0.4, 0.5) is 15.9 Å². The first-order valence-corrected chi connectivity index (χ1v) is 13.5. The summed E-state index contributed by atoms with van der Waals surface area (Å²) in [4.78, 5) is 4.97. The summed E-state index contributed by atoms with van der Waals surface area (Å²) < 4.78 is 19.3. The van der Waals surface area contributed by atoms with Crippen LogP contribution in [0.3, 0.4) is 0 Å². The number of benzene rings is 1. The number of halogens is 1. The first kappa shape index (κ1) is 21.0.